The zero-order chi connectivity index (χ0) is 30.1. The molecule has 228 valence electrons. The Bertz CT molecular complexity index is 1300. The van der Waals surface area contributed by atoms with E-state index in [-0.39, 0.29) is 47.8 Å². The number of rotatable bonds is 8. The van der Waals surface area contributed by atoms with Crippen LogP contribution in [0.5, 0.6) is 0 Å². The summed E-state index contributed by atoms with van der Waals surface area (Å²) in [5, 5.41) is 9.53. The average molecular weight is 611 g/mol. The molecular formula is C32H46N4O4SSi. The lowest BCUT2D eigenvalue weighted by Gasteiger charge is -2.47. The molecule has 2 aromatic rings. The van der Waals surface area contributed by atoms with Gasteiger partial charge in [0.05, 0.1) is 37.4 Å². The number of carbonyl (C=O) groups excluding carboxylic acids is 2. The van der Waals surface area contributed by atoms with Crippen molar-refractivity contribution in [3.05, 3.63) is 59.2 Å². The molecule has 3 amide bonds. The third kappa shape index (κ3) is 6.66. The number of hydrogen-bond acceptors (Lipinski definition) is 6. The van der Waals surface area contributed by atoms with Gasteiger partial charge in [-0.1, -0.05) is 45.0 Å². The molecule has 0 unspecified atom stereocenters. The Hall–Kier alpha value is -2.53. The molecule has 2 bridgehead atoms. The molecule has 4 atom stereocenters. The standard InChI is InChI=1S/C32H46N4O4SSi/c1-32(2,3)42(5,6)40-28-20-39-27-17-25(28)35-24-14-13-21(16-23(24)27)18-33-31(38)34-19-30(37)36-15-9-11-26(36)22-10-7-8-12-29(22)41-4/h7-8,10,12-14,16,25-28,35H,9,11,15,17-20H2,1-6H3,(H2,33,34,38)/t25-,26-,27-,28-/m1/s1. The van der Waals surface area contributed by atoms with Crippen LogP contribution in [0, 0.1) is 0 Å². The van der Waals surface area contributed by atoms with Gasteiger partial charge in [-0.15, -0.1) is 11.8 Å². The van der Waals surface area contributed by atoms with E-state index in [1.807, 2.05) is 23.1 Å². The molecule has 10 heteroatoms. The number of anilines is 1. The Morgan fingerprint density at radius 1 is 1.14 bits per heavy atom. The summed E-state index contributed by atoms with van der Waals surface area (Å²) in [6, 6.07) is 14.4. The second-order valence-corrected chi connectivity index (χ2v) is 18.8. The van der Waals surface area contributed by atoms with Crippen molar-refractivity contribution in [2.45, 2.75) is 93.9 Å². The van der Waals surface area contributed by atoms with Crippen LogP contribution in [0.25, 0.3) is 0 Å². The van der Waals surface area contributed by atoms with E-state index in [9.17, 15) is 9.59 Å². The number of hydrogen-bond donors (Lipinski definition) is 3. The first-order chi connectivity index (χ1) is 20.0. The minimum absolute atomic E-state index is 0.0153. The van der Waals surface area contributed by atoms with Gasteiger partial charge in [0.15, 0.2) is 8.32 Å². The maximum atomic E-state index is 13.1. The lowest BCUT2D eigenvalue weighted by molar-refractivity contribution is -0.131. The van der Waals surface area contributed by atoms with Crippen molar-refractivity contribution in [2.24, 2.45) is 0 Å². The summed E-state index contributed by atoms with van der Waals surface area (Å²) in [5.74, 6) is -0.0525. The fourth-order valence-electron chi connectivity index (χ4n) is 5.97. The van der Waals surface area contributed by atoms with E-state index < -0.39 is 8.32 Å². The van der Waals surface area contributed by atoms with Crippen molar-refractivity contribution >= 4 is 37.7 Å². The molecule has 0 saturated carbocycles. The number of ether oxygens (including phenoxy) is 1. The summed E-state index contributed by atoms with van der Waals surface area (Å²) in [7, 11) is -1.91. The second kappa shape index (κ2) is 12.6. The van der Waals surface area contributed by atoms with E-state index in [1.54, 1.807) is 11.8 Å². The summed E-state index contributed by atoms with van der Waals surface area (Å²) in [4.78, 5) is 28.8. The normalized spacial score (nSPS) is 23.6. The van der Waals surface area contributed by atoms with Crippen LogP contribution in [-0.4, -0.2) is 63.3 Å². The van der Waals surface area contributed by atoms with Crippen molar-refractivity contribution in [3.63, 3.8) is 0 Å². The first kappa shape index (κ1) is 30.9. The molecule has 3 N–H and O–H groups in total. The van der Waals surface area contributed by atoms with E-state index in [1.165, 1.54) is 10.5 Å². The second-order valence-electron chi connectivity index (χ2n) is 13.2. The van der Waals surface area contributed by atoms with Gasteiger partial charge in [-0.25, -0.2) is 4.79 Å². The van der Waals surface area contributed by atoms with Gasteiger partial charge in [-0.05, 0) is 66.6 Å². The van der Waals surface area contributed by atoms with Gasteiger partial charge in [-0.2, -0.15) is 0 Å². The third-order valence-corrected chi connectivity index (χ3v) is 14.7. The van der Waals surface area contributed by atoms with Gasteiger partial charge in [0.2, 0.25) is 5.91 Å². The zero-order valence-corrected chi connectivity index (χ0v) is 27.6. The van der Waals surface area contributed by atoms with Crippen LogP contribution in [0.15, 0.2) is 47.4 Å². The molecule has 3 aliphatic rings. The Morgan fingerprint density at radius 2 is 1.93 bits per heavy atom. The van der Waals surface area contributed by atoms with E-state index in [0.717, 1.165) is 36.1 Å². The molecule has 2 saturated heterocycles. The number of fused-ring (bicyclic) bond motifs is 4. The first-order valence-electron chi connectivity index (χ1n) is 15.1. The summed E-state index contributed by atoms with van der Waals surface area (Å²) in [6.07, 6.45) is 4.89. The van der Waals surface area contributed by atoms with E-state index in [2.05, 4.69) is 80.3 Å². The number of nitrogens with zero attached hydrogens (tertiary/aromatic N) is 1. The molecule has 0 aromatic heterocycles. The number of amides is 3. The quantitative estimate of drug-likeness (QED) is 0.243. The molecule has 3 aliphatic heterocycles. The minimum atomic E-state index is -1.91. The number of likely N-dealkylation sites (tertiary alicyclic amines) is 1. The van der Waals surface area contributed by atoms with Crippen LogP contribution in [-0.2, 0) is 20.5 Å². The van der Waals surface area contributed by atoms with Gasteiger partial charge in [0.1, 0.15) is 0 Å². The molecule has 0 radical (unpaired) electrons. The maximum absolute atomic E-state index is 13.1. The van der Waals surface area contributed by atoms with Crippen LogP contribution in [0.4, 0.5) is 10.5 Å². The molecule has 2 fully saturated rings. The lowest BCUT2D eigenvalue weighted by Crippen LogP contribution is -2.54. The van der Waals surface area contributed by atoms with Crippen molar-refractivity contribution in [1.29, 1.82) is 0 Å². The van der Waals surface area contributed by atoms with Crippen molar-refractivity contribution < 1.29 is 18.8 Å². The Labute approximate surface area is 255 Å². The molecule has 42 heavy (non-hydrogen) atoms. The van der Waals surface area contributed by atoms with Crippen LogP contribution in [0.1, 0.15) is 68.9 Å². The fourth-order valence-corrected chi connectivity index (χ4v) is 7.97. The molecule has 2 aromatic carbocycles. The molecule has 3 heterocycles. The van der Waals surface area contributed by atoms with E-state index in [0.29, 0.717) is 19.7 Å². The van der Waals surface area contributed by atoms with Gasteiger partial charge in [0.25, 0.3) is 0 Å². The predicted molar refractivity (Wildman–Crippen MR) is 171 cm³/mol. The maximum Gasteiger partial charge on any atom is 0.315 e. The summed E-state index contributed by atoms with van der Waals surface area (Å²) in [6.45, 7) is 13.0. The van der Waals surface area contributed by atoms with Crippen molar-refractivity contribution in [3.8, 4) is 0 Å². The van der Waals surface area contributed by atoms with E-state index in [4.69, 9.17) is 9.16 Å². The monoisotopic (exact) mass is 610 g/mol. The smallest absolute Gasteiger partial charge is 0.315 e. The molecule has 5 rings (SSSR count). The number of nitrogens with one attached hydrogen (secondary N) is 3. The van der Waals surface area contributed by atoms with Crippen LogP contribution >= 0.6 is 11.8 Å². The van der Waals surface area contributed by atoms with Gasteiger partial charge >= 0.3 is 6.03 Å². The van der Waals surface area contributed by atoms with Crippen LogP contribution in [0.3, 0.4) is 0 Å². The van der Waals surface area contributed by atoms with Gasteiger partial charge < -0.3 is 30.0 Å². The number of benzene rings is 2. The lowest BCUT2D eigenvalue weighted by atomic mass is 9.89. The highest BCUT2D eigenvalue weighted by molar-refractivity contribution is 7.98. The number of thioether (sulfide) groups is 1. The van der Waals surface area contributed by atoms with Crippen LogP contribution in [0.2, 0.25) is 18.1 Å². The molecular weight excluding hydrogens is 565 g/mol. The highest BCUT2D eigenvalue weighted by atomic mass is 32.2. The highest BCUT2D eigenvalue weighted by Crippen LogP contribution is 2.43. The minimum Gasteiger partial charge on any atom is -0.409 e. The van der Waals surface area contributed by atoms with Gasteiger partial charge in [0, 0.05) is 35.7 Å². The average Bonchev–Trinajstić information content (AvgIpc) is 3.45. The zero-order valence-electron chi connectivity index (χ0n) is 25.8. The summed E-state index contributed by atoms with van der Waals surface area (Å²) in [5.41, 5.74) is 4.38. The SMILES string of the molecule is CSc1ccccc1[C@H]1CCCN1C(=O)CNC(=O)NCc1ccc2c(c1)[C@H]1C[C@@H](N2)[C@H](O[Si](C)(C)C(C)(C)C)CO1. The topological polar surface area (TPSA) is 91.9 Å². The van der Waals surface area contributed by atoms with Crippen molar-refractivity contribution in [2.75, 3.05) is 31.3 Å². The number of carbonyl (C=O) groups is 2. The molecule has 8 nitrogen and oxygen atoms in total. The largest absolute Gasteiger partial charge is 0.409 e. The summed E-state index contributed by atoms with van der Waals surface area (Å²) < 4.78 is 13.0. The third-order valence-electron chi connectivity index (χ3n) is 9.36. The number of urea groups is 1. The Kier molecular flexibility index (Phi) is 9.27. The van der Waals surface area contributed by atoms with Gasteiger partial charge in [-0.3, -0.25) is 4.79 Å². The fraction of sp³-hybridized carbons (Fsp3) is 0.562. The Balaban J connectivity index is 1.13. The molecule has 0 spiro atoms. The highest BCUT2D eigenvalue weighted by Gasteiger charge is 2.44. The predicted octanol–water partition coefficient (Wildman–Crippen LogP) is 6.22. The summed E-state index contributed by atoms with van der Waals surface area (Å²) >= 11 is 1.70. The van der Waals surface area contributed by atoms with Crippen molar-refractivity contribution in [1.82, 2.24) is 15.5 Å². The Morgan fingerprint density at radius 3 is 2.69 bits per heavy atom. The van der Waals surface area contributed by atoms with Crippen LogP contribution < -0.4 is 16.0 Å². The van der Waals surface area contributed by atoms with E-state index >= 15 is 0 Å². The molecule has 0 aliphatic carbocycles. The first-order valence-corrected chi connectivity index (χ1v) is 19.2.